The van der Waals surface area contributed by atoms with E-state index in [4.69, 9.17) is 4.74 Å². The molecule has 0 fully saturated rings. The monoisotopic (exact) mass is 364 g/mol. The molecule has 1 unspecified atom stereocenters. The van der Waals surface area contributed by atoms with E-state index in [0.717, 1.165) is 12.0 Å². The first-order valence-corrected chi connectivity index (χ1v) is 8.13. The number of rotatable bonds is 5. The first-order chi connectivity index (χ1) is 12.0. The van der Waals surface area contributed by atoms with Crippen LogP contribution in [0, 0.1) is 11.6 Å². The van der Waals surface area contributed by atoms with Crippen LogP contribution in [0.3, 0.4) is 0 Å². The highest BCUT2D eigenvalue weighted by Crippen LogP contribution is 2.38. The molecule has 7 heteroatoms. The first kappa shape index (κ1) is 17.6. The van der Waals surface area contributed by atoms with Gasteiger partial charge in [-0.3, -0.25) is 0 Å². The average Bonchev–Trinajstić information content (AvgIpc) is 2.88. The molecule has 1 aliphatic heterocycles. The molecule has 1 aliphatic rings. The molecular formula is C18H14F2O4S. The van der Waals surface area contributed by atoms with E-state index in [1.54, 1.807) is 19.1 Å². The van der Waals surface area contributed by atoms with E-state index in [1.165, 1.54) is 37.4 Å². The summed E-state index contributed by atoms with van der Waals surface area (Å²) < 4.78 is 37.7. The Morgan fingerprint density at radius 3 is 2.60 bits per heavy atom. The van der Waals surface area contributed by atoms with Gasteiger partial charge in [0.25, 0.3) is 0 Å². The van der Waals surface area contributed by atoms with Crippen LogP contribution in [0.5, 0.6) is 0 Å². The lowest BCUT2D eigenvalue weighted by atomic mass is 9.93. The van der Waals surface area contributed by atoms with Crippen molar-refractivity contribution < 1.29 is 27.5 Å². The average molecular weight is 364 g/mol. The Kier molecular flexibility index (Phi) is 5.17. The number of benzene rings is 2. The molecule has 0 aromatic heterocycles. The second-order valence-electron chi connectivity index (χ2n) is 5.31. The van der Waals surface area contributed by atoms with E-state index in [0.29, 0.717) is 16.7 Å². The minimum absolute atomic E-state index is 0.233. The van der Waals surface area contributed by atoms with E-state index in [9.17, 15) is 13.6 Å². The van der Waals surface area contributed by atoms with Crippen LogP contribution in [0.15, 0.2) is 47.4 Å². The van der Waals surface area contributed by atoms with Crippen LogP contribution in [0.4, 0.5) is 8.78 Å². The fourth-order valence-corrected chi connectivity index (χ4v) is 3.10. The number of esters is 1. The summed E-state index contributed by atoms with van der Waals surface area (Å²) in [5.74, 6) is -1.56. The maximum absolute atomic E-state index is 14.3. The number of carbonyl (C=O) groups excluding carboxylic acids is 1. The maximum atomic E-state index is 14.3. The standard InChI is InChI=1S/C18H14F2O4S/c1-10-16(12-6-7-15(14(20)9-12)25-24-22-2)17(18(21)23-10)11-4-3-5-13(19)8-11/h3-10H,1-2H3. The van der Waals surface area contributed by atoms with Gasteiger partial charge in [0.05, 0.1) is 29.6 Å². The Bertz CT molecular complexity index is 851. The predicted molar refractivity (Wildman–Crippen MR) is 89.1 cm³/mol. The molecule has 0 aliphatic carbocycles. The molecule has 1 heterocycles. The third-order valence-corrected chi connectivity index (χ3v) is 4.43. The molecule has 0 bridgehead atoms. The molecule has 0 amide bonds. The fraction of sp³-hybridized carbons (Fsp3) is 0.167. The van der Waals surface area contributed by atoms with Crippen LogP contribution >= 0.6 is 12.0 Å². The van der Waals surface area contributed by atoms with Gasteiger partial charge in [-0.1, -0.05) is 18.2 Å². The molecule has 0 spiro atoms. The Balaban J connectivity index is 2.08. The number of hydrogen-bond acceptors (Lipinski definition) is 5. The van der Waals surface area contributed by atoms with Gasteiger partial charge < -0.3 is 4.74 Å². The zero-order valence-corrected chi connectivity index (χ0v) is 14.2. The van der Waals surface area contributed by atoms with Crippen molar-refractivity contribution >= 4 is 29.2 Å². The van der Waals surface area contributed by atoms with Gasteiger partial charge in [0, 0.05) is 5.57 Å². The van der Waals surface area contributed by atoms with Crippen molar-refractivity contribution in [3.05, 3.63) is 65.2 Å². The molecular weight excluding hydrogens is 350 g/mol. The van der Waals surface area contributed by atoms with Crippen molar-refractivity contribution in [1.82, 2.24) is 0 Å². The lowest BCUT2D eigenvalue weighted by Crippen LogP contribution is -2.05. The van der Waals surface area contributed by atoms with Crippen molar-refractivity contribution in [2.75, 3.05) is 7.11 Å². The highest BCUT2D eigenvalue weighted by atomic mass is 32.2. The molecule has 4 nitrogen and oxygen atoms in total. The largest absolute Gasteiger partial charge is 0.454 e. The minimum Gasteiger partial charge on any atom is -0.454 e. The molecule has 1 atom stereocenters. The minimum atomic E-state index is -0.570. The van der Waals surface area contributed by atoms with Crippen molar-refractivity contribution in [3.8, 4) is 0 Å². The summed E-state index contributed by atoms with van der Waals surface area (Å²) in [7, 11) is 1.32. The van der Waals surface area contributed by atoms with Crippen molar-refractivity contribution in [2.24, 2.45) is 0 Å². The second kappa shape index (κ2) is 7.35. The molecule has 0 radical (unpaired) electrons. The van der Waals surface area contributed by atoms with Gasteiger partial charge in [-0.25, -0.2) is 18.5 Å². The summed E-state index contributed by atoms with van der Waals surface area (Å²) in [5.41, 5.74) is 1.63. The van der Waals surface area contributed by atoms with Gasteiger partial charge in [-0.2, -0.15) is 4.33 Å². The predicted octanol–water partition coefficient (Wildman–Crippen LogP) is 4.41. The van der Waals surface area contributed by atoms with E-state index in [2.05, 4.69) is 9.22 Å². The molecule has 0 saturated carbocycles. The van der Waals surface area contributed by atoms with Crippen LogP contribution in [-0.2, 0) is 18.8 Å². The normalized spacial score (nSPS) is 17.1. The van der Waals surface area contributed by atoms with Gasteiger partial charge in [0.2, 0.25) is 0 Å². The summed E-state index contributed by atoms with van der Waals surface area (Å²) >= 11 is 0.738. The molecule has 130 valence electrons. The van der Waals surface area contributed by atoms with Gasteiger partial charge in [-0.05, 0) is 42.3 Å². The summed E-state index contributed by atoms with van der Waals surface area (Å²) in [5, 5.41) is 0. The zero-order valence-electron chi connectivity index (χ0n) is 13.4. The summed E-state index contributed by atoms with van der Waals surface area (Å²) in [6, 6.07) is 10.1. The lowest BCUT2D eigenvalue weighted by molar-refractivity contribution is -0.160. The Morgan fingerprint density at radius 1 is 1.12 bits per heavy atom. The van der Waals surface area contributed by atoms with Gasteiger partial charge in [-0.15, -0.1) is 0 Å². The summed E-state index contributed by atoms with van der Waals surface area (Å²) in [6.07, 6.45) is -0.570. The Labute approximate surface area is 147 Å². The Hall–Kier alpha value is -2.22. The number of hydrogen-bond donors (Lipinski definition) is 0. The second-order valence-corrected chi connectivity index (χ2v) is 6.05. The summed E-state index contributed by atoms with van der Waals surface area (Å²) in [6.45, 7) is 1.69. The highest BCUT2D eigenvalue weighted by Gasteiger charge is 2.33. The smallest absolute Gasteiger partial charge is 0.339 e. The summed E-state index contributed by atoms with van der Waals surface area (Å²) in [4.78, 5) is 16.9. The Morgan fingerprint density at radius 2 is 1.92 bits per heavy atom. The number of ether oxygens (including phenoxy) is 1. The van der Waals surface area contributed by atoms with Crippen LogP contribution in [0.1, 0.15) is 18.1 Å². The van der Waals surface area contributed by atoms with Crippen LogP contribution in [-0.4, -0.2) is 19.2 Å². The molecule has 25 heavy (non-hydrogen) atoms. The molecule has 0 N–H and O–H groups in total. The molecule has 2 aromatic rings. The maximum Gasteiger partial charge on any atom is 0.339 e. The molecule has 2 aromatic carbocycles. The van der Waals surface area contributed by atoms with E-state index in [1.807, 2.05) is 0 Å². The SMILES string of the molecule is COOSc1ccc(C2=C(c3cccc(F)c3)C(=O)OC2C)cc1F. The first-order valence-electron chi connectivity index (χ1n) is 7.39. The van der Waals surface area contributed by atoms with Crippen molar-refractivity contribution in [1.29, 1.82) is 0 Å². The highest BCUT2D eigenvalue weighted by molar-refractivity contribution is 7.94. The third kappa shape index (κ3) is 3.58. The number of halogens is 2. The van der Waals surface area contributed by atoms with Gasteiger partial charge >= 0.3 is 5.97 Å². The van der Waals surface area contributed by atoms with Crippen LogP contribution in [0.25, 0.3) is 11.1 Å². The van der Waals surface area contributed by atoms with Crippen LogP contribution in [0.2, 0.25) is 0 Å². The van der Waals surface area contributed by atoms with Gasteiger partial charge in [0.1, 0.15) is 17.7 Å². The number of cyclic esters (lactones) is 1. The van der Waals surface area contributed by atoms with Crippen LogP contribution < -0.4 is 0 Å². The van der Waals surface area contributed by atoms with Gasteiger partial charge in [0.15, 0.2) is 0 Å². The van der Waals surface area contributed by atoms with E-state index >= 15 is 0 Å². The quantitative estimate of drug-likeness (QED) is 0.340. The fourth-order valence-electron chi connectivity index (χ4n) is 2.69. The third-order valence-electron chi connectivity index (χ3n) is 3.71. The van der Waals surface area contributed by atoms with E-state index < -0.39 is 23.7 Å². The molecule has 3 rings (SSSR count). The lowest BCUT2D eigenvalue weighted by Gasteiger charge is -2.11. The number of carbonyl (C=O) groups is 1. The molecule has 0 saturated heterocycles. The topological polar surface area (TPSA) is 44.8 Å². The van der Waals surface area contributed by atoms with E-state index in [-0.39, 0.29) is 10.5 Å². The van der Waals surface area contributed by atoms with Crippen molar-refractivity contribution in [2.45, 2.75) is 17.9 Å². The zero-order chi connectivity index (χ0) is 18.0. The van der Waals surface area contributed by atoms with Crippen molar-refractivity contribution in [3.63, 3.8) is 0 Å².